The molecule has 7 heteroatoms. The molecule has 2 N–H and O–H groups in total. The summed E-state index contributed by atoms with van der Waals surface area (Å²) in [6.45, 7) is 0.484. The van der Waals surface area contributed by atoms with Crippen molar-refractivity contribution in [3.63, 3.8) is 0 Å². The van der Waals surface area contributed by atoms with Crippen LogP contribution in [-0.4, -0.2) is 66.4 Å². The number of unbranched alkanes of at least 4 members (excludes halogenated alkanes) is 10. The number of carboxylic acid groups (broad SMARTS) is 2. The molecule has 32 heavy (non-hydrogen) atoms. The summed E-state index contributed by atoms with van der Waals surface area (Å²) in [6.07, 6.45) is 17.0. The quantitative estimate of drug-likeness (QED) is 0.107. The van der Waals surface area contributed by atoms with E-state index < -0.39 is 18.0 Å². The van der Waals surface area contributed by atoms with E-state index in [4.69, 9.17) is 14.9 Å². The molecule has 0 saturated heterocycles. The number of rotatable bonds is 21. The Kier molecular flexibility index (Phi) is 17.6. The molecule has 0 aromatic carbocycles. The molecule has 7 nitrogen and oxygen atoms in total. The fourth-order valence-corrected chi connectivity index (χ4v) is 3.56. The monoisotopic (exact) mass is 456 g/mol. The van der Waals surface area contributed by atoms with E-state index in [1.165, 1.54) is 12.8 Å². The third-order valence-corrected chi connectivity index (χ3v) is 5.13. The third kappa shape index (κ3) is 22.8. The van der Waals surface area contributed by atoms with Gasteiger partial charge >= 0.3 is 17.9 Å². The van der Waals surface area contributed by atoms with E-state index in [2.05, 4.69) is 12.2 Å². The van der Waals surface area contributed by atoms with Crippen molar-refractivity contribution in [1.29, 1.82) is 0 Å². The summed E-state index contributed by atoms with van der Waals surface area (Å²) < 4.78 is 5.95. The highest BCUT2D eigenvalue weighted by atomic mass is 16.5. The van der Waals surface area contributed by atoms with Gasteiger partial charge in [0.2, 0.25) is 0 Å². The fraction of sp³-hybridized carbons (Fsp3) is 0.800. The zero-order chi connectivity index (χ0) is 24.2. The second kappa shape index (κ2) is 18.7. The average molecular weight is 457 g/mol. The predicted octanol–water partition coefficient (Wildman–Crippen LogP) is 5.18. The fourth-order valence-electron chi connectivity index (χ4n) is 3.56. The van der Waals surface area contributed by atoms with Gasteiger partial charge in [-0.1, -0.05) is 50.7 Å². The van der Waals surface area contributed by atoms with Gasteiger partial charge in [-0.05, 0) is 38.5 Å². The average Bonchev–Trinajstić information content (AvgIpc) is 2.65. The van der Waals surface area contributed by atoms with Gasteiger partial charge in [-0.25, -0.2) is 0 Å². The number of esters is 1. The molecule has 0 aliphatic rings. The number of ether oxygens (including phenoxy) is 1. The standard InChI is InChI=1S/C25H45NO6/c1-26(2,3)21-22(20-24(29)30)32-25(31)19-17-15-13-11-9-7-5-4-6-8-10-12-14-16-18-23(27)28/h4-5,22H,6-21H2,1-3H3,(H-,27,28,29,30)/p+1/b5-4-. The molecule has 0 aliphatic carbocycles. The van der Waals surface area contributed by atoms with Gasteiger partial charge in [0.05, 0.1) is 27.6 Å². The first-order chi connectivity index (χ1) is 15.1. The second-order valence-electron chi connectivity index (χ2n) is 9.66. The van der Waals surface area contributed by atoms with Crippen LogP contribution in [-0.2, 0) is 19.1 Å². The van der Waals surface area contributed by atoms with Crippen LogP contribution in [0.2, 0.25) is 0 Å². The van der Waals surface area contributed by atoms with Crippen LogP contribution in [0.5, 0.6) is 0 Å². The van der Waals surface area contributed by atoms with E-state index in [-0.39, 0.29) is 18.8 Å². The largest absolute Gasteiger partial charge is 0.481 e. The molecule has 1 atom stereocenters. The molecular weight excluding hydrogens is 410 g/mol. The van der Waals surface area contributed by atoms with E-state index in [0.29, 0.717) is 17.4 Å². The van der Waals surface area contributed by atoms with E-state index in [1.807, 2.05) is 21.1 Å². The highest BCUT2D eigenvalue weighted by molar-refractivity contribution is 5.71. The number of aliphatic carboxylic acids is 2. The molecule has 0 aromatic rings. The van der Waals surface area contributed by atoms with E-state index >= 15 is 0 Å². The van der Waals surface area contributed by atoms with Crippen LogP contribution in [0.1, 0.15) is 96.3 Å². The summed E-state index contributed by atoms with van der Waals surface area (Å²) in [4.78, 5) is 33.4. The molecule has 0 spiro atoms. The Balaban J connectivity index is 3.62. The van der Waals surface area contributed by atoms with Crippen molar-refractivity contribution in [1.82, 2.24) is 0 Å². The molecule has 0 radical (unpaired) electrons. The zero-order valence-corrected chi connectivity index (χ0v) is 20.5. The maximum atomic E-state index is 12.0. The molecule has 186 valence electrons. The Morgan fingerprint density at radius 2 is 1.19 bits per heavy atom. The predicted molar refractivity (Wildman–Crippen MR) is 126 cm³/mol. The van der Waals surface area contributed by atoms with Gasteiger partial charge in [-0.3, -0.25) is 14.4 Å². The zero-order valence-electron chi connectivity index (χ0n) is 20.5. The van der Waals surface area contributed by atoms with Gasteiger partial charge in [0.25, 0.3) is 0 Å². The molecular formula is C25H46NO6+. The number of hydrogen-bond acceptors (Lipinski definition) is 4. The van der Waals surface area contributed by atoms with Crippen LogP contribution in [0.15, 0.2) is 12.2 Å². The van der Waals surface area contributed by atoms with Crippen molar-refractivity contribution in [3.8, 4) is 0 Å². The van der Waals surface area contributed by atoms with E-state index in [0.717, 1.165) is 64.2 Å². The van der Waals surface area contributed by atoms with Crippen LogP contribution in [0.25, 0.3) is 0 Å². The number of nitrogens with zero attached hydrogens (tertiary/aromatic N) is 1. The Hall–Kier alpha value is -1.89. The third-order valence-electron chi connectivity index (χ3n) is 5.13. The van der Waals surface area contributed by atoms with Crippen LogP contribution >= 0.6 is 0 Å². The van der Waals surface area contributed by atoms with Crippen molar-refractivity contribution < 1.29 is 33.8 Å². The molecule has 0 saturated carbocycles. The van der Waals surface area contributed by atoms with Gasteiger partial charge in [0.15, 0.2) is 6.10 Å². The number of carbonyl (C=O) groups is 3. The van der Waals surface area contributed by atoms with Crippen LogP contribution in [0, 0.1) is 0 Å². The Morgan fingerprint density at radius 1 is 0.719 bits per heavy atom. The molecule has 1 unspecified atom stereocenters. The maximum absolute atomic E-state index is 12.0. The van der Waals surface area contributed by atoms with E-state index in [1.54, 1.807) is 0 Å². The topological polar surface area (TPSA) is 101 Å². The van der Waals surface area contributed by atoms with Gasteiger partial charge < -0.3 is 19.4 Å². The van der Waals surface area contributed by atoms with Crippen molar-refractivity contribution >= 4 is 17.9 Å². The minimum absolute atomic E-state index is 0.151. The summed E-state index contributed by atoms with van der Waals surface area (Å²) in [5.41, 5.74) is 0. The smallest absolute Gasteiger partial charge is 0.307 e. The molecule has 0 amide bonds. The molecule has 0 aromatic heterocycles. The summed E-state index contributed by atoms with van der Waals surface area (Å²) in [7, 11) is 5.85. The number of quaternary nitrogens is 1. The number of allylic oxidation sites excluding steroid dienone is 2. The SMILES string of the molecule is C[N+](C)(C)CC(CC(=O)O)OC(=O)CCCCCCC/C=C\CCCCCCCC(=O)O. The molecule has 0 bridgehead atoms. The van der Waals surface area contributed by atoms with Crippen molar-refractivity contribution in [2.75, 3.05) is 27.7 Å². The lowest BCUT2D eigenvalue weighted by Crippen LogP contribution is -2.43. The summed E-state index contributed by atoms with van der Waals surface area (Å²) in [6, 6.07) is 0. The van der Waals surface area contributed by atoms with Crippen molar-refractivity contribution in [2.45, 2.75) is 102 Å². The number of carboxylic acids is 2. The van der Waals surface area contributed by atoms with Crippen molar-refractivity contribution in [3.05, 3.63) is 12.2 Å². The second-order valence-corrected chi connectivity index (χ2v) is 9.66. The highest BCUT2D eigenvalue weighted by Crippen LogP contribution is 2.12. The normalized spacial score (nSPS) is 12.7. The minimum Gasteiger partial charge on any atom is -0.481 e. The van der Waals surface area contributed by atoms with Gasteiger partial charge in [-0.15, -0.1) is 0 Å². The molecule has 0 rings (SSSR count). The van der Waals surface area contributed by atoms with Gasteiger partial charge in [0, 0.05) is 12.8 Å². The summed E-state index contributed by atoms with van der Waals surface area (Å²) >= 11 is 0. The minimum atomic E-state index is -0.946. The van der Waals surface area contributed by atoms with E-state index in [9.17, 15) is 14.4 Å². The maximum Gasteiger partial charge on any atom is 0.307 e. The van der Waals surface area contributed by atoms with Crippen LogP contribution < -0.4 is 0 Å². The van der Waals surface area contributed by atoms with Crippen LogP contribution in [0.3, 0.4) is 0 Å². The first-order valence-corrected chi connectivity index (χ1v) is 12.2. The van der Waals surface area contributed by atoms with Gasteiger partial charge in [0.1, 0.15) is 6.54 Å². The lowest BCUT2D eigenvalue weighted by molar-refractivity contribution is -0.873. The van der Waals surface area contributed by atoms with Crippen LogP contribution in [0.4, 0.5) is 0 Å². The summed E-state index contributed by atoms with van der Waals surface area (Å²) in [5.74, 6) is -1.94. The number of hydrogen-bond donors (Lipinski definition) is 2. The first-order valence-electron chi connectivity index (χ1n) is 12.2. The number of likely N-dealkylation sites (N-methyl/N-ethyl adjacent to an activating group) is 1. The Labute approximate surface area is 194 Å². The molecule has 0 heterocycles. The van der Waals surface area contributed by atoms with Crippen molar-refractivity contribution in [2.24, 2.45) is 0 Å². The number of carbonyl (C=O) groups excluding carboxylic acids is 1. The van der Waals surface area contributed by atoms with Gasteiger partial charge in [-0.2, -0.15) is 0 Å². The Morgan fingerprint density at radius 3 is 1.66 bits per heavy atom. The highest BCUT2D eigenvalue weighted by Gasteiger charge is 2.24. The Bertz CT molecular complexity index is 553. The summed E-state index contributed by atoms with van der Waals surface area (Å²) in [5, 5.41) is 17.6. The first kappa shape index (κ1) is 30.1. The lowest BCUT2D eigenvalue weighted by atomic mass is 10.1. The molecule has 0 fully saturated rings. The molecule has 0 aliphatic heterocycles. The lowest BCUT2D eigenvalue weighted by Gasteiger charge is -2.28.